The second-order valence-corrected chi connectivity index (χ2v) is 6.29. The summed E-state index contributed by atoms with van der Waals surface area (Å²) in [6.45, 7) is 6.27. The van der Waals surface area contributed by atoms with Crippen molar-refractivity contribution >= 4 is 16.7 Å². The van der Waals surface area contributed by atoms with Crippen molar-refractivity contribution in [2.75, 3.05) is 5.73 Å². The van der Waals surface area contributed by atoms with E-state index in [1.54, 1.807) is 12.4 Å². The Balaban J connectivity index is 2.24. The standard InChI is InChI=1S/C18H18N4/c1-18(2,3)7-4-13-10-14(12-5-8-20-9-6-12)11-15-16(13)21-22-17(15)19/h5-6,8-11H,1-3H3,(H3,19,21,22). The van der Waals surface area contributed by atoms with E-state index in [0.29, 0.717) is 5.82 Å². The van der Waals surface area contributed by atoms with Crippen LogP contribution in [0.15, 0.2) is 36.7 Å². The van der Waals surface area contributed by atoms with E-state index >= 15 is 0 Å². The van der Waals surface area contributed by atoms with Crippen molar-refractivity contribution in [3.8, 4) is 23.0 Å². The van der Waals surface area contributed by atoms with E-state index in [1.807, 2.05) is 18.2 Å². The summed E-state index contributed by atoms with van der Waals surface area (Å²) in [7, 11) is 0. The molecule has 0 amide bonds. The minimum atomic E-state index is -0.0649. The molecule has 0 aliphatic carbocycles. The smallest absolute Gasteiger partial charge is 0.153 e. The van der Waals surface area contributed by atoms with Crippen LogP contribution < -0.4 is 5.73 Å². The molecule has 4 nitrogen and oxygen atoms in total. The van der Waals surface area contributed by atoms with E-state index in [0.717, 1.165) is 27.6 Å². The van der Waals surface area contributed by atoms with Gasteiger partial charge in [-0.2, -0.15) is 5.10 Å². The summed E-state index contributed by atoms with van der Waals surface area (Å²) in [5.41, 5.74) is 9.83. The zero-order valence-electron chi connectivity index (χ0n) is 12.9. The molecule has 0 saturated carbocycles. The van der Waals surface area contributed by atoms with Crippen LogP contribution in [0.2, 0.25) is 0 Å². The first-order valence-electron chi connectivity index (χ1n) is 7.15. The van der Waals surface area contributed by atoms with E-state index in [4.69, 9.17) is 5.73 Å². The largest absolute Gasteiger partial charge is 0.382 e. The van der Waals surface area contributed by atoms with Gasteiger partial charge in [0, 0.05) is 23.2 Å². The van der Waals surface area contributed by atoms with Gasteiger partial charge in [-0.1, -0.05) is 11.8 Å². The SMILES string of the molecule is CC(C)(C)C#Cc1cc(-c2ccncc2)cc2c(N)n[nH]c12. The molecule has 22 heavy (non-hydrogen) atoms. The molecule has 3 rings (SSSR count). The molecular formula is C18H18N4. The van der Waals surface area contributed by atoms with Crippen LogP contribution in [0.3, 0.4) is 0 Å². The Morgan fingerprint density at radius 2 is 1.82 bits per heavy atom. The van der Waals surface area contributed by atoms with Crippen LogP contribution in [-0.4, -0.2) is 15.2 Å². The number of hydrogen-bond acceptors (Lipinski definition) is 3. The zero-order chi connectivity index (χ0) is 15.7. The summed E-state index contributed by atoms with van der Waals surface area (Å²) in [5, 5.41) is 7.99. The predicted molar refractivity (Wildman–Crippen MR) is 90.1 cm³/mol. The molecule has 4 heteroatoms. The van der Waals surface area contributed by atoms with E-state index in [1.165, 1.54) is 0 Å². The quantitative estimate of drug-likeness (QED) is 0.673. The lowest BCUT2D eigenvalue weighted by atomic mass is 9.96. The maximum Gasteiger partial charge on any atom is 0.153 e. The van der Waals surface area contributed by atoms with Crippen molar-refractivity contribution in [2.24, 2.45) is 5.41 Å². The molecule has 3 aromatic rings. The Kier molecular flexibility index (Phi) is 3.34. The number of nitrogens with two attached hydrogens (primary N) is 1. The molecule has 0 aliphatic heterocycles. The van der Waals surface area contributed by atoms with Crippen molar-refractivity contribution < 1.29 is 0 Å². The predicted octanol–water partition coefficient (Wildman–Crippen LogP) is 3.60. The highest BCUT2D eigenvalue weighted by Gasteiger charge is 2.10. The number of benzene rings is 1. The van der Waals surface area contributed by atoms with Crippen molar-refractivity contribution in [1.29, 1.82) is 0 Å². The van der Waals surface area contributed by atoms with Crippen molar-refractivity contribution in [1.82, 2.24) is 15.2 Å². The first-order valence-corrected chi connectivity index (χ1v) is 7.15. The zero-order valence-corrected chi connectivity index (χ0v) is 12.9. The van der Waals surface area contributed by atoms with Gasteiger partial charge < -0.3 is 5.73 Å². The number of rotatable bonds is 1. The van der Waals surface area contributed by atoms with Gasteiger partial charge in [0.25, 0.3) is 0 Å². The van der Waals surface area contributed by atoms with Gasteiger partial charge in [0.1, 0.15) is 0 Å². The molecule has 0 radical (unpaired) electrons. The van der Waals surface area contributed by atoms with Gasteiger partial charge in [-0.15, -0.1) is 0 Å². The van der Waals surface area contributed by atoms with Gasteiger partial charge in [-0.25, -0.2) is 0 Å². The maximum absolute atomic E-state index is 5.97. The van der Waals surface area contributed by atoms with Crippen LogP contribution in [0, 0.1) is 17.3 Å². The van der Waals surface area contributed by atoms with E-state index in [9.17, 15) is 0 Å². The first kappa shape index (κ1) is 14.2. The number of anilines is 1. The molecule has 0 atom stereocenters. The molecule has 0 aliphatic rings. The van der Waals surface area contributed by atoms with Crippen LogP contribution in [0.4, 0.5) is 5.82 Å². The molecule has 1 aromatic carbocycles. The maximum atomic E-state index is 5.97. The fourth-order valence-corrected chi connectivity index (χ4v) is 2.21. The molecule has 0 saturated heterocycles. The summed E-state index contributed by atoms with van der Waals surface area (Å²) in [6, 6.07) is 8.04. The number of hydrogen-bond donors (Lipinski definition) is 2. The van der Waals surface area contributed by atoms with E-state index in [-0.39, 0.29) is 5.41 Å². The Hall–Kier alpha value is -2.80. The van der Waals surface area contributed by atoms with Crippen molar-refractivity contribution in [3.63, 3.8) is 0 Å². The number of H-pyrrole nitrogens is 1. The monoisotopic (exact) mass is 290 g/mol. The van der Waals surface area contributed by atoms with Crippen LogP contribution >= 0.6 is 0 Å². The highest BCUT2D eigenvalue weighted by Crippen LogP contribution is 2.29. The van der Waals surface area contributed by atoms with E-state index < -0.39 is 0 Å². The molecular weight excluding hydrogens is 272 g/mol. The third-order valence-corrected chi connectivity index (χ3v) is 3.29. The summed E-state index contributed by atoms with van der Waals surface area (Å²) in [4.78, 5) is 4.06. The van der Waals surface area contributed by atoms with Crippen LogP contribution in [0.1, 0.15) is 26.3 Å². The summed E-state index contributed by atoms with van der Waals surface area (Å²) in [5.74, 6) is 7.02. The normalized spacial score (nSPS) is 11.2. The Bertz CT molecular complexity index is 874. The van der Waals surface area contributed by atoms with Gasteiger partial charge in [0.2, 0.25) is 0 Å². The lowest BCUT2D eigenvalue weighted by molar-refractivity contribution is 0.571. The molecule has 0 fully saturated rings. The van der Waals surface area contributed by atoms with Gasteiger partial charge in [0.15, 0.2) is 5.82 Å². The Morgan fingerprint density at radius 1 is 1.09 bits per heavy atom. The number of pyridine rings is 1. The second kappa shape index (κ2) is 5.19. The molecule has 3 N–H and O–H groups in total. The molecule has 2 heterocycles. The number of fused-ring (bicyclic) bond motifs is 1. The Labute approximate surface area is 129 Å². The molecule has 0 unspecified atom stereocenters. The molecule has 0 spiro atoms. The van der Waals surface area contributed by atoms with Crippen LogP contribution in [0.5, 0.6) is 0 Å². The topological polar surface area (TPSA) is 67.6 Å². The number of nitrogens with zero attached hydrogens (tertiary/aromatic N) is 2. The van der Waals surface area contributed by atoms with Gasteiger partial charge >= 0.3 is 0 Å². The lowest BCUT2D eigenvalue weighted by Crippen LogP contribution is -1.99. The number of nitrogen functional groups attached to an aromatic ring is 1. The fourth-order valence-electron chi connectivity index (χ4n) is 2.21. The average Bonchev–Trinajstić information content (AvgIpc) is 2.86. The van der Waals surface area contributed by atoms with Gasteiger partial charge in [0.05, 0.1) is 11.1 Å². The number of aromatic nitrogens is 3. The summed E-state index contributed by atoms with van der Waals surface area (Å²) >= 11 is 0. The minimum absolute atomic E-state index is 0.0649. The highest BCUT2D eigenvalue weighted by molar-refractivity contribution is 5.96. The highest BCUT2D eigenvalue weighted by atomic mass is 15.1. The summed E-state index contributed by atoms with van der Waals surface area (Å²) < 4.78 is 0. The number of nitrogens with one attached hydrogen (secondary N) is 1. The van der Waals surface area contributed by atoms with Crippen LogP contribution in [-0.2, 0) is 0 Å². The van der Waals surface area contributed by atoms with Crippen molar-refractivity contribution in [3.05, 3.63) is 42.2 Å². The molecule has 2 aromatic heterocycles. The Morgan fingerprint density at radius 3 is 2.50 bits per heavy atom. The lowest BCUT2D eigenvalue weighted by Gasteiger charge is -2.08. The third-order valence-electron chi connectivity index (χ3n) is 3.29. The van der Waals surface area contributed by atoms with E-state index in [2.05, 4.69) is 53.9 Å². The number of aromatic amines is 1. The third kappa shape index (κ3) is 2.79. The average molecular weight is 290 g/mol. The summed E-state index contributed by atoms with van der Waals surface area (Å²) in [6.07, 6.45) is 3.55. The second-order valence-electron chi connectivity index (χ2n) is 6.29. The van der Waals surface area contributed by atoms with Gasteiger partial charge in [-0.3, -0.25) is 10.1 Å². The molecule has 110 valence electrons. The van der Waals surface area contributed by atoms with Gasteiger partial charge in [-0.05, 0) is 56.2 Å². The fraction of sp³-hybridized carbons (Fsp3) is 0.222. The first-order chi connectivity index (χ1) is 10.4. The van der Waals surface area contributed by atoms with Crippen molar-refractivity contribution in [2.45, 2.75) is 20.8 Å². The minimum Gasteiger partial charge on any atom is -0.382 e. The van der Waals surface area contributed by atoms with Crippen LogP contribution in [0.25, 0.3) is 22.0 Å². The molecule has 0 bridgehead atoms.